The van der Waals surface area contributed by atoms with E-state index in [4.69, 9.17) is 11.6 Å². The van der Waals surface area contributed by atoms with Crippen LogP contribution in [0.5, 0.6) is 0 Å². The van der Waals surface area contributed by atoms with Crippen molar-refractivity contribution < 1.29 is 0 Å². The summed E-state index contributed by atoms with van der Waals surface area (Å²) in [6.07, 6.45) is 0. The lowest BCUT2D eigenvalue weighted by Crippen LogP contribution is -2.16. The van der Waals surface area contributed by atoms with Gasteiger partial charge in [0.05, 0.1) is 0 Å². The van der Waals surface area contributed by atoms with Gasteiger partial charge < -0.3 is 0 Å². The van der Waals surface area contributed by atoms with Gasteiger partial charge in [0.1, 0.15) is 0 Å². The van der Waals surface area contributed by atoms with Gasteiger partial charge in [-0.2, -0.15) is 0 Å². The number of hydrogen-bond donors (Lipinski definition) is 0. The molecular formula is C38H34BrClS2. The minimum atomic E-state index is 0.0477. The van der Waals surface area contributed by atoms with Gasteiger partial charge in [-0.3, -0.25) is 0 Å². The van der Waals surface area contributed by atoms with E-state index in [0.29, 0.717) is 0 Å². The van der Waals surface area contributed by atoms with Crippen molar-refractivity contribution in [2.75, 3.05) is 0 Å². The van der Waals surface area contributed by atoms with Crippen LogP contribution in [-0.4, -0.2) is 0 Å². The molecule has 0 radical (unpaired) electrons. The van der Waals surface area contributed by atoms with Gasteiger partial charge >= 0.3 is 0 Å². The second-order valence-corrected chi connectivity index (χ2v) is 16.6. The SMILES string of the molecule is CC(C)(C)c1cc(-c2cc(Br)ccc2Sc2cc(Cl)cc(-c3ccc4sc5ccccc5c4c3)c2)cc(C(C)(C)C)c1. The van der Waals surface area contributed by atoms with Crippen molar-refractivity contribution >= 4 is 70.8 Å². The molecule has 0 spiro atoms. The van der Waals surface area contributed by atoms with E-state index in [1.54, 1.807) is 11.8 Å². The van der Waals surface area contributed by atoms with E-state index in [0.717, 1.165) is 20.0 Å². The van der Waals surface area contributed by atoms with Crippen LogP contribution in [0.3, 0.4) is 0 Å². The Kier molecular flexibility index (Phi) is 7.85. The highest BCUT2D eigenvalue weighted by molar-refractivity contribution is 9.10. The van der Waals surface area contributed by atoms with Gasteiger partial charge in [0.15, 0.2) is 0 Å². The van der Waals surface area contributed by atoms with E-state index in [1.165, 1.54) is 52.9 Å². The van der Waals surface area contributed by atoms with Crippen molar-refractivity contribution in [3.63, 3.8) is 0 Å². The first-order chi connectivity index (χ1) is 19.8. The quantitative estimate of drug-likeness (QED) is 0.180. The first-order valence-electron chi connectivity index (χ1n) is 14.2. The maximum absolute atomic E-state index is 6.76. The van der Waals surface area contributed by atoms with Crippen LogP contribution in [0.25, 0.3) is 42.4 Å². The zero-order valence-electron chi connectivity index (χ0n) is 24.8. The summed E-state index contributed by atoms with van der Waals surface area (Å²) < 4.78 is 3.70. The highest BCUT2D eigenvalue weighted by Gasteiger charge is 2.22. The predicted molar refractivity (Wildman–Crippen MR) is 191 cm³/mol. The van der Waals surface area contributed by atoms with Gasteiger partial charge in [0.2, 0.25) is 0 Å². The van der Waals surface area contributed by atoms with E-state index >= 15 is 0 Å². The first-order valence-corrected chi connectivity index (χ1v) is 17.0. The van der Waals surface area contributed by atoms with E-state index in [9.17, 15) is 0 Å². The van der Waals surface area contributed by atoms with Crippen molar-refractivity contribution in [3.05, 3.63) is 118 Å². The van der Waals surface area contributed by atoms with Crippen molar-refractivity contribution in [1.29, 1.82) is 0 Å². The third kappa shape index (κ3) is 6.08. The normalized spacial score (nSPS) is 12.4. The molecule has 6 rings (SSSR count). The summed E-state index contributed by atoms with van der Waals surface area (Å²) in [4.78, 5) is 2.33. The Morgan fingerprint density at radius 2 is 1.31 bits per heavy atom. The largest absolute Gasteiger partial charge is 0.135 e. The van der Waals surface area contributed by atoms with Crippen molar-refractivity contribution in [1.82, 2.24) is 0 Å². The molecule has 0 unspecified atom stereocenters. The average Bonchev–Trinajstić information content (AvgIpc) is 3.30. The summed E-state index contributed by atoms with van der Waals surface area (Å²) in [5, 5.41) is 3.35. The molecule has 0 saturated heterocycles. The molecule has 6 aromatic rings. The van der Waals surface area contributed by atoms with Crippen LogP contribution in [0.2, 0.25) is 5.02 Å². The van der Waals surface area contributed by atoms with Gasteiger partial charge in [0.25, 0.3) is 0 Å². The summed E-state index contributed by atoms with van der Waals surface area (Å²) in [7, 11) is 0. The fourth-order valence-corrected chi connectivity index (χ4v) is 8.08. The number of benzene rings is 5. The minimum absolute atomic E-state index is 0.0477. The topological polar surface area (TPSA) is 0 Å². The van der Waals surface area contributed by atoms with Crippen LogP contribution in [0, 0.1) is 0 Å². The van der Waals surface area contributed by atoms with Gasteiger partial charge in [-0.25, -0.2) is 0 Å². The Balaban J connectivity index is 1.43. The molecular weight excluding hydrogens is 636 g/mol. The Morgan fingerprint density at radius 3 is 2.02 bits per heavy atom. The number of fused-ring (bicyclic) bond motifs is 3. The third-order valence-corrected chi connectivity index (χ3v) is 10.6. The lowest BCUT2D eigenvalue weighted by molar-refractivity contribution is 0.569. The smallest absolute Gasteiger partial charge is 0.0423 e. The highest BCUT2D eigenvalue weighted by atomic mass is 79.9. The van der Waals surface area contributed by atoms with Crippen LogP contribution in [-0.2, 0) is 10.8 Å². The molecule has 0 aliphatic rings. The summed E-state index contributed by atoms with van der Waals surface area (Å²) in [6, 6.07) is 35.5. The van der Waals surface area contributed by atoms with Gasteiger partial charge in [0, 0.05) is 39.5 Å². The van der Waals surface area contributed by atoms with E-state index in [1.807, 2.05) is 11.3 Å². The molecule has 1 aromatic heterocycles. The van der Waals surface area contributed by atoms with Crippen LogP contribution >= 0.6 is 50.6 Å². The molecule has 0 bridgehead atoms. The van der Waals surface area contributed by atoms with Gasteiger partial charge in [-0.15, -0.1) is 11.3 Å². The van der Waals surface area contributed by atoms with Crippen molar-refractivity contribution in [2.45, 2.75) is 62.2 Å². The van der Waals surface area contributed by atoms with E-state index < -0.39 is 0 Å². The van der Waals surface area contributed by atoms with E-state index in [2.05, 4.69) is 155 Å². The number of rotatable bonds is 4. The standard InChI is InChI=1S/C38H34BrClS2/c1-37(2,3)26-15-25(16-27(20-26)38(4,5)6)32-21-28(39)12-14-35(32)41-30-18-24(17-29(40)22-30)23-11-13-36-33(19-23)31-9-7-8-10-34(31)42-36/h7-22H,1-6H3. The Morgan fingerprint density at radius 1 is 0.619 bits per heavy atom. The molecule has 0 N–H and O–H groups in total. The maximum atomic E-state index is 6.76. The molecule has 0 fully saturated rings. The second kappa shape index (κ2) is 11.2. The Bertz CT molecular complexity index is 1920. The summed E-state index contributed by atoms with van der Waals surface area (Å²) >= 11 is 14.1. The lowest BCUT2D eigenvalue weighted by atomic mass is 9.79. The fourth-order valence-electron chi connectivity index (χ4n) is 5.29. The summed E-state index contributed by atoms with van der Waals surface area (Å²) in [6.45, 7) is 13.7. The first kappa shape index (κ1) is 29.5. The van der Waals surface area contributed by atoms with Crippen LogP contribution in [0.15, 0.2) is 111 Å². The van der Waals surface area contributed by atoms with Gasteiger partial charge in [-0.1, -0.05) is 123 Å². The lowest BCUT2D eigenvalue weighted by Gasteiger charge is -2.26. The fraction of sp³-hybridized carbons (Fsp3) is 0.211. The molecule has 0 aliphatic carbocycles. The molecule has 0 amide bonds. The molecule has 4 heteroatoms. The molecule has 0 atom stereocenters. The summed E-state index contributed by atoms with van der Waals surface area (Å²) in [5.41, 5.74) is 7.57. The highest BCUT2D eigenvalue weighted by Crippen LogP contribution is 2.43. The Hall–Kier alpha value is -2.56. The predicted octanol–water partition coefficient (Wildman–Crippen LogP) is 13.6. The zero-order chi connectivity index (χ0) is 29.8. The molecule has 0 aliphatic heterocycles. The Labute approximate surface area is 271 Å². The van der Waals surface area contributed by atoms with Crippen molar-refractivity contribution in [2.24, 2.45) is 0 Å². The third-order valence-electron chi connectivity index (χ3n) is 7.73. The van der Waals surface area contributed by atoms with E-state index in [-0.39, 0.29) is 10.8 Å². The van der Waals surface area contributed by atoms with Crippen molar-refractivity contribution in [3.8, 4) is 22.3 Å². The molecule has 1 heterocycles. The molecule has 5 aromatic carbocycles. The minimum Gasteiger partial charge on any atom is -0.135 e. The number of hydrogen-bond acceptors (Lipinski definition) is 2. The zero-order valence-corrected chi connectivity index (χ0v) is 28.8. The van der Waals surface area contributed by atoms with Crippen LogP contribution in [0.4, 0.5) is 0 Å². The molecule has 212 valence electrons. The number of thiophene rings is 1. The molecule has 42 heavy (non-hydrogen) atoms. The molecule has 0 nitrogen and oxygen atoms in total. The average molecular weight is 670 g/mol. The maximum Gasteiger partial charge on any atom is 0.0423 e. The number of halogens is 2. The van der Waals surface area contributed by atoms with Crippen LogP contribution in [0.1, 0.15) is 52.7 Å². The monoisotopic (exact) mass is 668 g/mol. The summed E-state index contributed by atoms with van der Waals surface area (Å²) in [5.74, 6) is 0. The molecule has 0 saturated carbocycles. The second-order valence-electron chi connectivity index (χ2n) is 13.0. The van der Waals surface area contributed by atoms with Crippen LogP contribution < -0.4 is 0 Å². The van der Waals surface area contributed by atoms with Gasteiger partial charge in [-0.05, 0) is 98.8 Å².